The Kier molecular flexibility index (Phi) is 7.35. The second-order valence-corrected chi connectivity index (χ2v) is 6.86. The number of benzene rings is 2. The zero-order valence-corrected chi connectivity index (χ0v) is 16.4. The van der Waals surface area contributed by atoms with Gasteiger partial charge in [0.15, 0.2) is 6.61 Å². The highest BCUT2D eigenvalue weighted by atomic mass is 16.5. The first kappa shape index (κ1) is 20.5. The van der Waals surface area contributed by atoms with Crippen molar-refractivity contribution in [3.63, 3.8) is 0 Å². The Bertz CT molecular complexity index is 841. The van der Waals surface area contributed by atoms with Crippen LogP contribution in [0, 0.1) is 6.92 Å². The fourth-order valence-electron chi connectivity index (χ4n) is 2.82. The molecule has 1 fully saturated rings. The maximum Gasteiger partial charge on any atom is 0.271 e. The molecule has 152 valence electrons. The van der Waals surface area contributed by atoms with Gasteiger partial charge in [0.2, 0.25) is 0 Å². The van der Waals surface area contributed by atoms with Gasteiger partial charge >= 0.3 is 0 Å². The third-order valence-corrected chi connectivity index (χ3v) is 4.49. The van der Waals surface area contributed by atoms with Gasteiger partial charge in [-0.05, 0) is 61.7 Å². The number of carbonyl (C=O) groups is 2. The molecule has 7 nitrogen and oxygen atoms in total. The van der Waals surface area contributed by atoms with E-state index in [0.717, 1.165) is 30.6 Å². The van der Waals surface area contributed by atoms with E-state index in [1.54, 1.807) is 42.6 Å². The molecule has 1 heterocycles. The summed E-state index contributed by atoms with van der Waals surface area (Å²) in [5.74, 6) is 0.137. The van der Waals surface area contributed by atoms with Crippen LogP contribution in [0.25, 0.3) is 0 Å². The van der Waals surface area contributed by atoms with E-state index in [1.165, 1.54) is 0 Å². The molecule has 7 heteroatoms. The second-order valence-electron chi connectivity index (χ2n) is 6.86. The molecule has 0 saturated carbocycles. The van der Waals surface area contributed by atoms with Crippen LogP contribution >= 0.6 is 0 Å². The van der Waals surface area contributed by atoms with E-state index >= 15 is 0 Å². The van der Waals surface area contributed by atoms with Crippen LogP contribution < -0.4 is 15.5 Å². The number of rotatable bonds is 8. The molecule has 0 radical (unpaired) electrons. The van der Waals surface area contributed by atoms with Gasteiger partial charge in [0, 0.05) is 18.7 Å². The fourth-order valence-corrected chi connectivity index (χ4v) is 2.82. The van der Waals surface area contributed by atoms with Crippen molar-refractivity contribution in [2.75, 3.05) is 19.8 Å². The maximum atomic E-state index is 12.0. The topological polar surface area (TPSA) is 89.0 Å². The van der Waals surface area contributed by atoms with E-state index in [9.17, 15) is 9.59 Å². The number of hydrogen-bond acceptors (Lipinski definition) is 5. The van der Waals surface area contributed by atoms with Crippen molar-refractivity contribution in [1.29, 1.82) is 0 Å². The van der Waals surface area contributed by atoms with E-state index in [0.29, 0.717) is 17.9 Å². The van der Waals surface area contributed by atoms with Crippen molar-refractivity contribution in [3.05, 3.63) is 65.2 Å². The summed E-state index contributed by atoms with van der Waals surface area (Å²) < 4.78 is 10.9. The summed E-state index contributed by atoms with van der Waals surface area (Å²) in [5, 5.41) is 6.78. The molecule has 2 N–H and O–H groups in total. The summed E-state index contributed by atoms with van der Waals surface area (Å²) >= 11 is 0. The van der Waals surface area contributed by atoms with Gasteiger partial charge in [-0.1, -0.05) is 17.7 Å². The van der Waals surface area contributed by atoms with Crippen LogP contribution in [0.3, 0.4) is 0 Å². The molecule has 1 saturated heterocycles. The number of nitrogens with zero attached hydrogens (tertiary/aromatic N) is 1. The molecular weight excluding hydrogens is 370 g/mol. The molecule has 3 rings (SSSR count). The average Bonchev–Trinajstić information content (AvgIpc) is 3.26. The Labute approximate surface area is 170 Å². The predicted octanol–water partition coefficient (Wildman–Crippen LogP) is 2.43. The number of ether oxygens (including phenoxy) is 2. The highest BCUT2D eigenvalue weighted by molar-refractivity contribution is 5.94. The molecule has 1 aliphatic rings. The molecule has 0 aromatic heterocycles. The lowest BCUT2D eigenvalue weighted by Gasteiger charge is -2.11. The first-order valence-corrected chi connectivity index (χ1v) is 9.61. The minimum atomic E-state index is -0.268. The van der Waals surface area contributed by atoms with Crippen LogP contribution in [-0.2, 0) is 9.53 Å². The van der Waals surface area contributed by atoms with Crippen LogP contribution in [-0.4, -0.2) is 43.9 Å². The third-order valence-electron chi connectivity index (χ3n) is 4.49. The van der Waals surface area contributed by atoms with Crippen molar-refractivity contribution < 1.29 is 19.1 Å². The van der Waals surface area contributed by atoms with E-state index in [4.69, 9.17) is 9.47 Å². The number of hydrazone groups is 1. The van der Waals surface area contributed by atoms with Gasteiger partial charge in [-0.2, -0.15) is 5.10 Å². The van der Waals surface area contributed by atoms with E-state index in [1.807, 2.05) is 19.1 Å². The SMILES string of the molecule is Cc1ccc(C(=O)N/N=C/c2ccc(OCC(=O)NC[C@@H]3CCCO3)cc2)cc1. The smallest absolute Gasteiger partial charge is 0.271 e. The van der Waals surface area contributed by atoms with E-state index in [-0.39, 0.29) is 24.5 Å². The highest BCUT2D eigenvalue weighted by Gasteiger charge is 2.16. The summed E-state index contributed by atoms with van der Waals surface area (Å²) in [6, 6.07) is 14.3. The summed E-state index contributed by atoms with van der Waals surface area (Å²) in [5.41, 5.74) is 4.93. The molecule has 0 bridgehead atoms. The van der Waals surface area contributed by atoms with Crippen LogP contribution in [0.1, 0.15) is 34.3 Å². The van der Waals surface area contributed by atoms with Crippen LogP contribution in [0.15, 0.2) is 53.6 Å². The lowest BCUT2D eigenvalue weighted by molar-refractivity contribution is -0.123. The summed E-state index contributed by atoms with van der Waals surface area (Å²) in [6.45, 7) is 3.20. The number of aryl methyl sites for hydroxylation is 1. The molecule has 1 atom stereocenters. The largest absolute Gasteiger partial charge is 0.484 e. The Morgan fingerprint density at radius 1 is 1.17 bits per heavy atom. The normalized spacial score (nSPS) is 16.0. The Hall–Kier alpha value is -3.19. The zero-order chi connectivity index (χ0) is 20.5. The third kappa shape index (κ3) is 6.73. The Morgan fingerprint density at radius 2 is 1.93 bits per heavy atom. The number of hydrogen-bond donors (Lipinski definition) is 2. The van der Waals surface area contributed by atoms with E-state index in [2.05, 4.69) is 15.8 Å². The molecule has 1 aliphatic heterocycles. The highest BCUT2D eigenvalue weighted by Crippen LogP contribution is 2.12. The predicted molar refractivity (Wildman–Crippen MR) is 110 cm³/mol. The molecular formula is C22H25N3O4. The molecule has 2 aromatic rings. The van der Waals surface area contributed by atoms with Gasteiger partial charge < -0.3 is 14.8 Å². The van der Waals surface area contributed by atoms with Gasteiger partial charge in [0.05, 0.1) is 12.3 Å². The molecule has 0 unspecified atom stereocenters. The van der Waals surface area contributed by atoms with Crippen LogP contribution in [0.2, 0.25) is 0 Å². The lowest BCUT2D eigenvalue weighted by Crippen LogP contribution is -2.35. The zero-order valence-electron chi connectivity index (χ0n) is 16.4. The van der Waals surface area contributed by atoms with Crippen molar-refractivity contribution in [1.82, 2.24) is 10.7 Å². The van der Waals surface area contributed by atoms with Gasteiger partial charge in [-0.3, -0.25) is 9.59 Å². The standard InChI is InChI=1S/C22H25N3O4/c1-16-4-8-18(9-5-16)22(27)25-24-13-17-6-10-19(11-7-17)29-15-21(26)23-14-20-3-2-12-28-20/h4-11,13,20H,2-3,12,14-15H2,1H3,(H,23,26)(H,25,27)/b24-13+/t20-/m0/s1. The summed E-state index contributed by atoms with van der Waals surface area (Å²) in [4.78, 5) is 23.8. The van der Waals surface area contributed by atoms with Crippen molar-refractivity contribution in [3.8, 4) is 5.75 Å². The number of amides is 2. The van der Waals surface area contributed by atoms with Crippen LogP contribution in [0.5, 0.6) is 5.75 Å². The summed E-state index contributed by atoms with van der Waals surface area (Å²) in [6.07, 6.45) is 3.69. The maximum absolute atomic E-state index is 12.0. The van der Waals surface area contributed by atoms with Gasteiger partial charge in [0.25, 0.3) is 11.8 Å². The average molecular weight is 395 g/mol. The molecule has 2 aromatic carbocycles. The van der Waals surface area contributed by atoms with Gasteiger partial charge in [-0.15, -0.1) is 0 Å². The van der Waals surface area contributed by atoms with Crippen LogP contribution in [0.4, 0.5) is 0 Å². The Balaban J connectivity index is 1.39. The van der Waals surface area contributed by atoms with E-state index < -0.39 is 0 Å². The Morgan fingerprint density at radius 3 is 2.62 bits per heavy atom. The fraction of sp³-hybridized carbons (Fsp3) is 0.318. The van der Waals surface area contributed by atoms with Gasteiger partial charge in [0.1, 0.15) is 5.75 Å². The minimum Gasteiger partial charge on any atom is -0.484 e. The first-order valence-electron chi connectivity index (χ1n) is 9.61. The monoisotopic (exact) mass is 395 g/mol. The molecule has 0 aliphatic carbocycles. The van der Waals surface area contributed by atoms with Crippen molar-refractivity contribution >= 4 is 18.0 Å². The summed E-state index contributed by atoms with van der Waals surface area (Å²) in [7, 11) is 0. The first-order chi connectivity index (χ1) is 14.1. The molecule has 0 spiro atoms. The quantitative estimate of drug-likeness (QED) is 0.531. The second kappa shape index (κ2) is 10.4. The van der Waals surface area contributed by atoms with Gasteiger partial charge in [-0.25, -0.2) is 5.43 Å². The molecule has 29 heavy (non-hydrogen) atoms. The number of carbonyl (C=O) groups excluding carboxylic acids is 2. The van der Waals surface area contributed by atoms with Crippen molar-refractivity contribution in [2.24, 2.45) is 5.10 Å². The lowest BCUT2D eigenvalue weighted by atomic mass is 10.1. The van der Waals surface area contributed by atoms with Crippen molar-refractivity contribution in [2.45, 2.75) is 25.9 Å². The minimum absolute atomic E-state index is 0.0488. The molecule has 2 amide bonds. The number of nitrogens with one attached hydrogen (secondary N) is 2.